The average molecular weight is 385 g/mol. The highest BCUT2D eigenvalue weighted by Gasteiger charge is 2.16. The van der Waals surface area contributed by atoms with Gasteiger partial charge in [0.05, 0.1) is 12.1 Å². The molecule has 0 spiro atoms. The van der Waals surface area contributed by atoms with Gasteiger partial charge in [0, 0.05) is 13.1 Å². The Kier molecular flexibility index (Phi) is 8.49. The van der Waals surface area contributed by atoms with E-state index in [9.17, 15) is 5.11 Å². The standard InChI is InChI=1S/C24H36N2O2/c1-5-8-18-9-7-12-21(14-18)28-17-22(25)23(27)16-26-15-19-10-6-11-20(13-19)24(2,3)4/h6-7,9-14,22-23,26-27H,5,8,15-17,25H2,1-4H3/t22-,23+/m0/s1. The Morgan fingerprint density at radius 3 is 2.50 bits per heavy atom. The van der Waals surface area contributed by atoms with E-state index in [1.807, 2.05) is 18.2 Å². The lowest BCUT2D eigenvalue weighted by Crippen LogP contribution is -2.45. The number of hydrogen-bond donors (Lipinski definition) is 3. The van der Waals surface area contributed by atoms with Gasteiger partial charge in [0.1, 0.15) is 12.4 Å². The van der Waals surface area contributed by atoms with Crippen LogP contribution in [0, 0.1) is 0 Å². The molecule has 0 amide bonds. The van der Waals surface area contributed by atoms with Crippen molar-refractivity contribution in [3.63, 3.8) is 0 Å². The maximum Gasteiger partial charge on any atom is 0.119 e. The zero-order valence-electron chi connectivity index (χ0n) is 17.7. The molecule has 0 fully saturated rings. The maximum absolute atomic E-state index is 10.3. The van der Waals surface area contributed by atoms with Gasteiger partial charge < -0.3 is 20.9 Å². The zero-order chi connectivity index (χ0) is 20.6. The Morgan fingerprint density at radius 1 is 1.07 bits per heavy atom. The summed E-state index contributed by atoms with van der Waals surface area (Å²) in [7, 11) is 0. The molecule has 2 aromatic carbocycles. The molecule has 0 bridgehead atoms. The van der Waals surface area contributed by atoms with Crippen molar-refractivity contribution >= 4 is 0 Å². The lowest BCUT2D eigenvalue weighted by Gasteiger charge is -2.21. The zero-order valence-corrected chi connectivity index (χ0v) is 17.7. The van der Waals surface area contributed by atoms with Gasteiger partial charge in [-0.25, -0.2) is 0 Å². The first-order chi connectivity index (χ1) is 13.3. The highest BCUT2D eigenvalue weighted by molar-refractivity contribution is 5.29. The fourth-order valence-corrected chi connectivity index (χ4v) is 3.05. The number of aliphatic hydroxyl groups excluding tert-OH is 1. The van der Waals surface area contributed by atoms with E-state index in [0.717, 1.165) is 18.6 Å². The van der Waals surface area contributed by atoms with E-state index in [1.54, 1.807) is 0 Å². The van der Waals surface area contributed by atoms with E-state index >= 15 is 0 Å². The van der Waals surface area contributed by atoms with E-state index in [0.29, 0.717) is 13.1 Å². The normalized spacial score (nSPS) is 13.9. The molecule has 0 saturated carbocycles. The van der Waals surface area contributed by atoms with E-state index in [-0.39, 0.29) is 12.0 Å². The second kappa shape index (κ2) is 10.6. The molecule has 0 saturated heterocycles. The molecule has 0 aromatic heterocycles. The smallest absolute Gasteiger partial charge is 0.119 e. The van der Waals surface area contributed by atoms with Crippen molar-refractivity contribution in [1.29, 1.82) is 0 Å². The SMILES string of the molecule is CCCc1cccc(OC[C@H](N)[C@H](O)CNCc2cccc(C(C)(C)C)c2)c1. The molecule has 0 radical (unpaired) electrons. The molecule has 0 unspecified atom stereocenters. The van der Waals surface area contributed by atoms with Crippen LogP contribution in [-0.2, 0) is 18.4 Å². The minimum absolute atomic E-state index is 0.129. The van der Waals surface area contributed by atoms with Gasteiger partial charge in [0.15, 0.2) is 0 Å². The lowest BCUT2D eigenvalue weighted by molar-refractivity contribution is 0.114. The van der Waals surface area contributed by atoms with Crippen molar-refractivity contribution in [1.82, 2.24) is 5.32 Å². The van der Waals surface area contributed by atoms with Crippen molar-refractivity contribution in [2.24, 2.45) is 5.73 Å². The van der Waals surface area contributed by atoms with Crippen LogP contribution in [0.1, 0.15) is 50.8 Å². The number of rotatable bonds is 10. The summed E-state index contributed by atoms with van der Waals surface area (Å²) >= 11 is 0. The monoisotopic (exact) mass is 384 g/mol. The average Bonchev–Trinajstić information content (AvgIpc) is 2.66. The summed E-state index contributed by atoms with van der Waals surface area (Å²) in [5.74, 6) is 0.806. The number of nitrogens with one attached hydrogen (secondary N) is 1. The third kappa shape index (κ3) is 7.27. The fourth-order valence-electron chi connectivity index (χ4n) is 3.05. The topological polar surface area (TPSA) is 67.5 Å². The molecule has 2 rings (SSSR count). The Morgan fingerprint density at radius 2 is 1.79 bits per heavy atom. The predicted molar refractivity (Wildman–Crippen MR) is 117 cm³/mol. The van der Waals surface area contributed by atoms with Gasteiger partial charge in [0.25, 0.3) is 0 Å². The molecular formula is C24H36N2O2. The van der Waals surface area contributed by atoms with Crippen molar-refractivity contribution in [2.45, 2.75) is 64.6 Å². The van der Waals surface area contributed by atoms with Crippen LogP contribution in [0.25, 0.3) is 0 Å². The number of benzene rings is 2. The molecule has 0 aliphatic carbocycles. The molecule has 154 valence electrons. The Hall–Kier alpha value is -1.88. The van der Waals surface area contributed by atoms with E-state index < -0.39 is 12.1 Å². The molecule has 4 heteroatoms. The number of aryl methyl sites for hydroxylation is 1. The van der Waals surface area contributed by atoms with Crippen LogP contribution in [0.15, 0.2) is 48.5 Å². The lowest BCUT2D eigenvalue weighted by atomic mass is 9.86. The summed E-state index contributed by atoms with van der Waals surface area (Å²) in [6.07, 6.45) is 1.47. The summed E-state index contributed by atoms with van der Waals surface area (Å²) in [6, 6.07) is 16.2. The second-order valence-electron chi connectivity index (χ2n) is 8.52. The molecule has 0 aliphatic heterocycles. The summed E-state index contributed by atoms with van der Waals surface area (Å²) in [5, 5.41) is 13.6. The first kappa shape index (κ1) is 22.4. The fraction of sp³-hybridized carbons (Fsp3) is 0.500. The molecule has 2 atom stereocenters. The second-order valence-corrected chi connectivity index (χ2v) is 8.52. The van der Waals surface area contributed by atoms with Crippen molar-refractivity contribution in [3.05, 3.63) is 65.2 Å². The number of nitrogens with two attached hydrogens (primary N) is 1. The molecule has 0 aliphatic rings. The van der Waals surface area contributed by atoms with Crippen LogP contribution in [0.2, 0.25) is 0 Å². The van der Waals surface area contributed by atoms with Crippen molar-refractivity contribution < 1.29 is 9.84 Å². The van der Waals surface area contributed by atoms with Gasteiger partial charge >= 0.3 is 0 Å². The number of ether oxygens (including phenoxy) is 1. The number of aliphatic hydroxyl groups is 1. The molecule has 28 heavy (non-hydrogen) atoms. The van der Waals surface area contributed by atoms with E-state index in [4.69, 9.17) is 10.5 Å². The van der Waals surface area contributed by atoms with Gasteiger partial charge in [-0.3, -0.25) is 0 Å². The van der Waals surface area contributed by atoms with Crippen LogP contribution in [0.5, 0.6) is 5.75 Å². The summed E-state index contributed by atoms with van der Waals surface area (Å²) in [4.78, 5) is 0. The summed E-state index contributed by atoms with van der Waals surface area (Å²) in [6.45, 7) is 10.2. The van der Waals surface area contributed by atoms with Gasteiger partial charge in [-0.2, -0.15) is 0 Å². The number of hydrogen-bond acceptors (Lipinski definition) is 4. The molecular weight excluding hydrogens is 348 g/mol. The predicted octanol–water partition coefficient (Wildman–Crippen LogP) is 3.79. The van der Waals surface area contributed by atoms with Crippen LogP contribution in [0.3, 0.4) is 0 Å². The van der Waals surface area contributed by atoms with Gasteiger partial charge in [-0.1, -0.05) is 70.5 Å². The van der Waals surface area contributed by atoms with Crippen LogP contribution in [0.4, 0.5) is 0 Å². The van der Waals surface area contributed by atoms with Crippen LogP contribution < -0.4 is 15.8 Å². The highest BCUT2D eigenvalue weighted by Crippen LogP contribution is 2.22. The van der Waals surface area contributed by atoms with E-state index in [2.05, 4.69) is 63.3 Å². The van der Waals surface area contributed by atoms with Gasteiger partial charge in [0.2, 0.25) is 0 Å². The first-order valence-electron chi connectivity index (χ1n) is 10.2. The van der Waals surface area contributed by atoms with Crippen molar-refractivity contribution in [2.75, 3.05) is 13.2 Å². The molecule has 4 N–H and O–H groups in total. The molecule has 0 heterocycles. The maximum atomic E-state index is 10.3. The minimum Gasteiger partial charge on any atom is -0.492 e. The Labute approximate surface area is 170 Å². The van der Waals surface area contributed by atoms with Crippen LogP contribution in [-0.4, -0.2) is 30.4 Å². The summed E-state index contributed by atoms with van der Waals surface area (Å²) < 4.78 is 5.78. The largest absolute Gasteiger partial charge is 0.492 e. The van der Waals surface area contributed by atoms with E-state index in [1.165, 1.54) is 16.7 Å². The van der Waals surface area contributed by atoms with Gasteiger partial charge in [-0.05, 0) is 40.7 Å². The Balaban J connectivity index is 1.77. The third-order valence-corrected chi connectivity index (χ3v) is 4.85. The quantitative estimate of drug-likeness (QED) is 0.583. The van der Waals surface area contributed by atoms with Gasteiger partial charge in [-0.15, -0.1) is 0 Å². The van der Waals surface area contributed by atoms with Crippen LogP contribution >= 0.6 is 0 Å². The highest BCUT2D eigenvalue weighted by atomic mass is 16.5. The minimum atomic E-state index is -0.662. The summed E-state index contributed by atoms with van der Waals surface area (Å²) in [5.41, 5.74) is 10.0. The molecule has 4 nitrogen and oxygen atoms in total. The molecule has 2 aromatic rings. The Bertz CT molecular complexity index is 725. The first-order valence-corrected chi connectivity index (χ1v) is 10.2. The van der Waals surface area contributed by atoms with Crippen molar-refractivity contribution in [3.8, 4) is 5.75 Å². The third-order valence-electron chi connectivity index (χ3n) is 4.85.